The van der Waals surface area contributed by atoms with E-state index in [9.17, 15) is 14.0 Å². The zero-order valence-electron chi connectivity index (χ0n) is 14.2. The van der Waals surface area contributed by atoms with Crippen LogP contribution in [0.5, 0.6) is 0 Å². The molecule has 0 aliphatic carbocycles. The van der Waals surface area contributed by atoms with Crippen LogP contribution in [0.15, 0.2) is 59.0 Å². The van der Waals surface area contributed by atoms with E-state index in [1.807, 2.05) is 12.1 Å². The van der Waals surface area contributed by atoms with Crippen LogP contribution in [-0.2, 0) is 16.0 Å². The Bertz CT molecular complexity index is 884. The summed E-state index contributed by atoms with van der Waals surface area (Å²) in [6.07, 6.45) is -0.403. The summed E-state index contributed by atoms with van der Waals surface area (Å²) in [7, 11) is 0. The molecule has 1 atom stereocenters. The summed E-state index contributed by atoms with van der Waals surface area (Å²) >= 11 is 0. The Labute approximate surface area is 149 Å². The summed E-state index contributed by atoms with van der Waals surface area (Å²) in [5, 5.41) is 3.48. The van der Waals surface area contributed by atoms with Gasteiger partial charge in [0.05, 0.1) is 0 Å². The maximum absolute atomic E-state index is 12.8. The van der Waals surface area contributed by atoms with Gasteiger partial charge in [0.25, 0.3) is 5.91 Å². The van der Waals surface area contributed by atoms with Crippen LogP contribution < -0.4 is 5.32 Å². The number of furan rings is 1. The number of carbonyl (C=O) groups excluding carboxylic acids is 2. The summed E-state index contributed by atoms with van der Waals surface area (Å²) in [5.74, 6) is -1.35. The Morgan fingerprint density at radius 3 is 2.62 bits per heavy atom. The summed E-state index contributed by atoms with van der Waals surface area (Å²) < 4.78 is 23.4. The number of esters is 1. The third kappa shape index (κ3) is 4.27. The molecule has 3 rings (SSSR count). The molecule has 134 valence electrons. The van der Waals surface area contributed by atoms with Crippen LogP contribution in [0, 0.1) is 5.82 Å². The Morgan fingerprint density at radius 1 is 1.15 bits per heavy atom. The van der Waals surface area contributed by atoms with E-state index >= 15 is 0 Å². The van der Waals surface area contributed by atoms with E-state index in [2.05, 4.69) is 5.32 Å². The van der Waals surface area contributed by atoms with E-state index in [4.69, 9.17) is 9.15 Å². The highest BCUT2D eigenvalue weighted by atomic mass is 19.1. The van der Waals surface area contributed by atoms with Gasteiger partial charge in [-0.3, -0.25) is 4.79 Å². The van der Waals surface area contributed by atoms with Gasteiger partial charge in [-0.1, -0.05) is 30.3 Å². The van der Waals surface area contributed by atoms with Crippen LogP contribution in [0.4, 0.5) is 4.39 Å². The SMILES string of the molecule is C[C@@H](OC(=O)c1cc2ccccc2o1)C(=O)NCCc1ccc(F)cc1. The minimum absolute atomic E-state index is 0.0529. The first-order valence-corrected chi connectivity index (χ1v) is 8.24. The maximum Gasteiger partial charge on any atom is 0.375 e. The molecule has 0 aliphatic heterocycles. The second kappa shape index (κ2) is 7.82. The van der Waals surface area contributed by atoms with E-state index in [1.165, 1.54) is 19.1 Å². The molecule has 0 radical (unpaired) electrons. The molecule has 0 aliphatic rings. The van der Waals surface area contributed by atoms with E-state index in [-0.39, 0.29) is 11.6 Å². The van der Waals surface area contributed by atoms with Gasteiger partial charge in [0.2, 0.25) is 5.76 Å². The van der Waals surface area contributed by atoms with Gasteiger partial charge in [-0.2, -0.15) is 0 Å². The lowest BCUT2D eigenvalue weighted by atomic mass is 10.1. The Hall–Kier alpha value is -3.15. The molecule has 5 nitrogen and oxygen atoms in total. The van der Waals surface area contributed by atoms with Crippen LogP contribution in [0.3, 0.4) is 0 Å². The van der Waals surface area contributed by atoms with Crippen LogP contribution >= 0.6 is 0 Å². The number of benzene rings is 2. The van der Waals surface area contributed by atoms with Gasteiger partial charge in [-0.15, -0.1) is 0 Å². The van der Waals surface area contributed by atoms with Crippen molar-refractivity contribution in [1.29, 1.82) is 0 Å². The number of carbonyl (C=O) groups is 2. The van der Waals surface area contributed by atoms with Gasteiger partial charge >= 0.3 is 5.97 Å². The number of hydrogen-bond donors (Lipinski definition) is 1. The van der Waals surface area contributed by atoms with Crippen molar-refractivity contribution in [3.63, 3.8) is 0 Å². The number of fused-ring (bicyclic) bond motifs is 1. The third-order valence-corrected chi connectivity index (χ3v) is 3.91. The highest BCUT2D eigenvalue weighted by Gasteiger charge is 2.21. The smallest absolute Gasteiger partial charge is 0.375 e. The van der Waals surface area contributed by atoms with Crippen molar-refractivity contribution in [3.05, 3.63) is 71.7 Å². The lowest BCUT2D eigenvalue weighted by molar-refractivity contribution is -0.129. The van der Waals surface area contributed by atoms with Gasteiger partial charge in [-0.25, -0.2) is 9.18 Å². The van der Waals surface area contributed by atoms with Gasteiger partial charge in [-0.05, 0) is 43.2 Å². The number of para-hydroxylation sites is 1. The molecule has 0 fully saturated rings. The largest absolute Gasteiger partial charge is 0.449 e. The zero-order chi connectivity index (χ0) is 18.5. The number of nitrogens with one attached hydrogen (secondary N) is 1. The average Bonchev–Trinajstić information content (AvgIpc) is 3.07. The minimum Gasteiger partial charge on any atom is -0.449 e. The first kappa shape index (κ1) is 17.7. The number of halogens is 1. The van der Waals surface area contributed by atoms with E-state index in [0.717, 1.165) is 10.9 Å². The van der Waals surface area contributed by atoms with Crippen molar-refractivity contribution in [2.24, 2.45) is 0 Å². The van der Waals surface area contributed by atoms with Crippen LogP contribution in [0.25, 0.3) is 11.0 Å². The molecule has 26 heavy (non-hydrogen) atoms. The fraction of sp³-hybridized carbons (Fsp3) is 0.200. The second-order valence-corrected chi connectivity index (χ2v) is 5.86. The lowest BCUT2D eigenvalue weighted by Gasteiger charge is -2.12. The first-order chi connectivity index (χ1) is 12.5. The number of amides is 1. The van der Waals surface area contributed by atoms with Crippen molar-refractivity contribution < 1.29 is 23.1 Å². The molecule has 6 heteroatoms. The molecule has 2 aromatic carbocycles. The minimum atomic E-state index is -0.955. The standard InChI is InChI=1S/C20H18FNO4/c1-13(19(23)22-11-10-14-6-8-16(21)9-7-14)25-20(24)18-12-15-4-2-3-5-17(15)26-18/h2-9,12-13H,10-11H2,1H3,(H,22,23)/t13-/m1/s1. The summed E-state index contributed by atoms with van der Waals surface area (Å²) in [6.45, 7) is 1.85. The van der Waals surface area contributed by atoms with Crippen LogP contribution in [0.1, 0.15) is 23.0 Å². The van der Waals surface area contributed by atoms with Crippen molar-refractivity contribution in [2.45, 2.75) is 19.4 Å². The van der Waals surface area contributed by atoms with Crippen molar-refractivity contribution in [2.75, 3.05) is 6.54 Å². The molecule has 0 bridgehead atoms. The Balaban J connectivity index is 1.50. The van der Waals surface area contributed by atoms with Gasteiger partial charge < -0.3 is 14.5 Å². The van der Waals surface area contributed by atoms with Gasteiger partial charge in [0, 0.05) is 11.9 Å². The molecule has 3 aromatic rings. The van der Waals surface area contributed by atoms with E-state index < -0.39 is 18.0 Å². The number of ether oxygens (including phenoxy) is 1. The molecule has 0 saturated heterocycles. The summed E-state index contributed by atoms with van der Waals surface area (Å²) in [5.41, 5.74) is 1.48. The van der Waals surface area contributed by atoms with E-state index in [0.29, 0.717) is 18.5 Å². The first-order valence-electron chi connectivity index (χ1n) is 8.24. The predicted octanol–water partition coefficient (Wildman–Crippen LogP) is 3.48. The molecule has 1 N–H and O–H groups in total. The molecule has 0 saturated carbocycles. The lowest BCUT2D eigenvalue weighted by Crippen LogP contribution is -2.36. The highest BCUT2D eigenvalue weighted by molar-refractivity contribution is 5.94. The predicted molar refractivity (Wildman–Crippen MR) is 94.2 cm³/mol. The molecule has 1 heterocycles. The molecule has 0 unspecified atom stereocenters. The van der Waals surface area contributed by atoms with E-state index in [1.54, 1.807) is 30.3 Å². The number of hydrogen-bond acceptors (Lipinski definition) is 4. The highest BCUT2D eigenvalue weighted by Crippen LogP contribution is 2.19. The molecular weight excluding hydrogens is 337 g/mol. The second-order valence-electron chi connectivity index (χ2n) is 5.86. The monoisotopic (exact) mass is 355 g/mol. The van der Waals surface area contributed by atoms with Crippen LogP contribution in [-0.4, -0.2) is 24.5 Å². The van der Waals surface area contributed by atoms with Gasteiger partial charge in [0.1, 0.15) is 11.4 Å². The Morgan fingerprint density at radius 2 is 1.88 bits per heavy atom. The summed E-state index contributed by atoms with van der Waals surface area (Å²) in [6, 6.07) is 14.8. The maximum atomic E-state index is 12.8. The number of rotatable bonds is 6. The Kier molecular flexibility index (Phi) is 5.31. The fourth-order valence-electron chi connectivity index (χ4n) is 2.48. The van der Waals surface area contributed by atoms with Crippen LogP contribution in [0.2, 0.25) is 0 Å². The fourth-order valence-corrected chi connectivity index (χ4v) is 2.48. The molecule has 0 spiro atoms. The van der Waals surface area contributed by atoms with Crippen molar-refractivity contribution >= 4 is 22.8 Å². The van der Waals surface area contributed by atoms with Crippen molar-refractivity contribution in [3.8, 4) is 0 Å². The van der Waals surface area contributed by atoms with Crippen molar-refractivity contribution in [1.82, 2.24) is 5.32 Å². The van der Waals surface area contributed by atoms with Gasteiger partial charge in [0.15, 0.2) is 6.10 Å². The molecular formula is C20H18FNO4. The summed E-state index contributed by atoms with van der Waals surface area (Å²) in [4.78, 5) is 24.2. The third-order valence-electron chi connectivity index (χ3n) is 3.91. The normalized spacial score (nSPS) is 11.9. The molecule has 1 aromatic heterocycles. The zero-order valence-corrected chi connectivity index (χ0v) is 14.2. The topological polar surface area (TPSA) is 68.5 Å². The quantitative estimate of drug-likeness (QED) is 0.688. The molecule has 1 amide bonds. The average molecular weight is 355 g/mol.